The molecule has 0 saturated heterocycles. The molecule has 0 spiro atoms. The van der Waals surface area contributed by atoms with Gasteiger partial charge in [-0.25, -0.2) is 4.39 Å². The third-order valence-electron chi connectivity index (χ3n) is 4.87. The molecule has 0 aliphatic rings. The molecule has 154 valence electrons. The molecular formula is C22H22FN5O2. The molecule has 0 unspecified atom stereocenters. The van der Waals surface area contributed by atoms with Gasteiger partial charge in [0.25, 0.3) is 5.91 Å². The number of aliphatic hydroxyl groups excluding tert-OH is 1. The van der Waals surface area contributed by atoms with Crippen LogP contribution in [0, 0.1) is 5.82 Å². The second-order valence-electron chi connectivity index (χ2n) is 7.31. The molecule has 0 aliphatic heterocycles. The van der Waals surface area contributed by atoms with Crippen LogP contribution >= 0.6 is 0 Å². The van der Waals surface area contributed by atoms with E-state index in [0.717, 1.165) is 16.6 Å². The van der Waals surface area contributed by atoms with Crippen LogP contribution in [0.3, 0.4) is 0 Å². The molecule has 1 atom stereocenters. The Bertz CT molecular complexity index is 1210. The molecule has 4 rings (SSSR count). The van der Waals surface area contributed by atoms with E-state index in [1.807, 2.05) is 29.9 Å². The van der Waals surface area contributed by atoms with E-state index in [1.165, 1.54) is 6.07 Å². The molecule has 0 saturated carbocycles. The summed E-state index contributed by atoms with van der Waals surface area (Å²) < 4.78 is 18.3. The highest BCUT2D eigenvalue weighted by atomic mass is 19.1. The Kier molecular flexibility index (Phi) is 5.33. The molecule has 0 bridgehead atoms. The quantitative estimate of drug-likeness (QED) is 0.515. The fourth-order valence-corrected chi connectivity index (χ4v) is 3.36. The Balaban J connectivity index is 1.65. The average Bonchev–Trinajstić information content (AvgIpc) is 3.32. The van der Waals surface area contributed by atoms with Crippen molar-refractivity contribution >= 4 is 16.9 Å². The van der Waals surface area contributed by atoms with Gasteiger partial charge in [0.1, 0.15) is 11.3 Å². The van der Waals surface area contributed by atoms with E-state index in [2.05, 4.69) is 15.4 Å². The summed E-state index contributed by atoms with van der Waals surface area (Å²) in [7, 11) is 1.81. The highest BCUT2D eigenvalue weighted by Gasteiger charge is 2.17. The molecule has 1 aromatic carbocycles. The summed E-state index contributed by atoms with van der Waals surface area (Å²) in [4.78, 5) is 16.9. The maximum absolute atomic E-state index is 14.8. The lowest BCUT2D eigenvalue weighted by Crippen LogP contribution is -2.30. The average molecular weight is 407 g/mol. The summed E-state index contributed by atoms with van der Waals surface area (Å²) in [5.74, 6) is -0.659. The highest BCUT2D eigenvalue weighted by Crippen LogP contribution is 2.24. The maximum atomic E-state index is 14.8. The van der Waals surface area contributed by atoms with Gasteiger partial charge in [-0.1, -0.05) is 12.1 Å². The zero-order chi connectivity index (χ0) is 21.3. The van der Waals surface area contributed by atoms with Crippen LogP contribution in [0.5, 0.6) is 0 Å². The molecule has 2 N–H and O–H groups in total. The number of halogens is 1. The fourth-order valence-electron chi connectivity index (χ4n) is 3.36. The summed E-state index contributed by atoms with van der Waals surface area (Å²) in [5.41, 5.74) is 3.75. The summed E-state index contributed by atoms with van der Waals surface area (Å²) in [6.07, 6.45) is 6.16. The Morgan fingerprint density at radius 3 is 2.80 bits per heavy atom. The topological polar surface area (TPSA) is 85.0 Å². The lowest BCUT2D eigenvalue weighted by Gasteiger charge is -2.08. The van der Waals surface area contributed by atoms with Crippen LogP contribution < -0.4 is 5.32 Å². The third kappa shape index (κ3) is 3.95. The van der Waals surface area contributed by atoms with Crippen LogP contribution in [0.25, 0.3) is 22.2 Å². The Labute approximate surface area is 172 Å². The van der Waals surface area contributed by atoms with Gasteiger partial charge in [-0.05, 0) is 30.7 Å². The van der Waals surface area contributed by atoms with Crippen molar-refractivity contribution in [3.63, 3.8) is 0 Å². The zero-order valence-electron chi connectivity index (χ0n) is 16.7. The lowest BCUT2D eigenvalue weighted by atomic mass is 10.1. The number of carbonyl (C=O) groups is 1. The molecule has 3 heterocycles. The van der Waals surface area contributed by atoms with Crippen molar-refractivity contribution in [1.29, 1.82) is 0 Å². The number of hydrogen-bond acceptors (Lipinski definition) is 4. The Morgan fingerprint density at radius 1 is 1.27 bits per heavy atom. The van der Waals surface area contributed by atoms with Gasteiger partial charge in [0, 0.05) is 43.3 Å². The van der Waals surface area contributed by atoms with E-state index in [0.29, 0.717) is 16.6 Å². The first kappa shape index (κ1) is 19.8. The molecule has 0 fully saturated rings. The molecule has 7 nitrogen and oxygen atoms in total. The lowest BCUT2D eigenvalue weighted by molar-refractivity contribution is 0.0925. The molecule has 0 aliphatic carbocycles. The third-order valence-corrected chi connectivity index (χ3v) is 4.87. The van der Waals surface area contributed by atoms with Crippen molar-refractivity contribution in [1.82, 2.24) is 24.6 Å². The van der Waals surface area contributed by atoms with Crippen molar-refractivity contribution in [3.05, 3.63) is 72.1 Å². The minimum absolute atomic E-state index is 0.142. The largest absolute Gasteiger partial charge is 0.392 e. The number of hydrogen-bond donors (Lipinski definition) is 2. The van der Waals surface area contributed by atoms with E-state index in [4.69, 9.17) is 0 Å². The van der Waals surface area contributed by atoms with Crippen LogP contribution in [0.15, 0.2) is 55.1 Å². The van der Waals surface area contributed by atoms with E-state index in [-0.39, 0.29) is 24.8 Å². The monoisotopic (exact) mass is 407 g/mol. The first-order valence-electron chi connectivity index (χ1n) is 9.60. The number of amides is 1. The minimum Gasteiger partial charge on any atom is -0.392 e. The van der Waals surface area contributed by atoms with Gasteiger partial charge < -0.3 is 15.0 Å². The summed E-state index contributed by atoms with van der Waals surface area (Å²) in [6, 6.07) is 8.71. The summed E-state index contributed by atoms with van der Waals surface area (Å²) in [5, 5.41) is 16.2. The SMILES string of the molecule is C[C@@H](O)CNC(=O)c1cn(Cc2ccc(-c3cnn(C)c3)cc2F)c2cccnc12. The Hall–Kier alpha value is -3.52. The van der Waals surface area contributed by atoms with Crippen molar-refractivity contribution in [2.75, 3.05) is 6.54 Å². The second-order valence-corrected chi connectivity index (χ2v) is 7.31. The van der Waals surface area contributed by atoms with Gasteiger partial charge >= 0.3 is 0 Å². The molecule has 30 heavy (non-hydrogen) atoms. The molecule has 1 amide bonds. The molecule has 8 heteroatoms. The van der Waals surface area contributed by atoms with Gasteiger partial charge in [-0.2, -0.15) is 5.10 Å². The highest BCUT2D eigenvalue weighted by molar-refractivity contribution is 6.05. The van der Waals surface area contributed by atoms with Crippen LogP contribution in [0.4, 0.5) is 4.39 Å². The zero-order valence-corrected chi connectivity index (χ0v) is 16.7. The van der Waals surface area contributed by atoms with Crippen molar-refractivity contribution < 1.29 is 14.3 Å². The first-order chi connectivity index (χ1) is 14.4. The van der Waals surface area contributed by atoms with E-state index >= 15 is 0 Å². The summed E-state index contributed by atoms with van der Waals surface area (Å²) in [6.45, 7) is 1.99. The minimum atomic E-state index is -0.650. The number of aliphatic hydroxyl groups is 1. The maximum Gasteiger partial charge on any atom is 0.255 e. The van der Waals surface area contributed by atoms with Crippen LogP contribution in [0.1, 0.15) is 22.8 Å². The van der Waals surface area contributed by atoms with Gasteiger partial charge in [-0.3, -0.25) is 14.5 Å². The molecule has 3 aromatic heterocycles. The number of aromatic nitrogens is 4. The number of pyridine rings is 1. The molecule has 4 aromatic rings. The molecular weight excluding hydrogens is 385 g/mol. The number of aryl methyl sites for hydroxylation is 1. The smallest absolute Gasteiger partial charge is 0.255 e. The normalized spacial score (nSPS) is 12.3. The predicted molar refractivity (Wildman–Crippen MR) is 111 cm³/mol. The fraction of sp³-hybridized carbons (Fsp3) is 0.227. The second kappa shape index (κ2) is 8.08. The van der Waals surface area contributed by atoms with E-state index in [1.54, 1.807) is 42.3 Å². The van der Waals surface area contributed by atoms with E-state index in [9.17, 15) is 14.3 Å². The number of rotatable bonds is 6. The van der Waals surface area contributed by atoms with Crippen LogP contribution in [-0.4, -0.2) is 43.0 Å². The van der Waals surface area contributed by atoms with Crippen LogP contribution in [0.2, 0.25) is 0 Å². The van der Waals surface area contributed by atoms with Gasteiger partial charge in [0.2, 0.25) is 0 Å². The number of fused-ring (bicyclic) bond motifs is 1. The van der Waals surface area contributed by atoms with Gasteiger partial charge in [0.05, 0.1) is 29.9 Å². The van der Waals surface area contributed by atoms with Gasteiger partial charge in [0.15, 0.2) is 0 Å². The van der Waals surface area contributed by atoms with Crippen molar-refractivity contribution in [2.45, 2.75) is 19.6 Å². The standard InChI is InChI=1S/C22H22FN5O2/c1-14(29)9-25-22(30)18-13-28(20-4-3-7-24-21(18)20)12-16-6-5-15(8-19(16)23)17-10-26-27(2)11-17/h3-8,10-11,13-14,29H,9,12H2,1-2H3,(H,25,30)/t14-/m1/s1. The van der Waals surface area contributed by atoms with E-state index < -0.39 is 6.10 Å². The summed E-state index contributed by atoms with van der Waals surface area (Å²) >= 11 is 0. The first-order valence-corrected chi connectivity index (χ1v) is 9.60. The van der Waals surface area contributed by atoms with Crippen LogP contribution in [-0.2, 0) is 13.6 Å². The number of nitrogens with zero attached hydrogens (tertiary/aromatic N) is 4. The van der Waals surface area contributed by atoms with Crippen molar-refractivity contribution in [3.8, 4) is 11.1 Å². The number of benzene rings is 1. The molecule has 0 radical (unpaired) electrons. The van der Waals surface area contributed by atoms with Gasteiger partial charge in [-0.15, -0.1) is 0 Å². The Morgan fingerprint density at radius 2 is 2.10 bits per heavy atom. The number of nitrogens with one attached hydrogen (secondary N) is 1. The van der Waals surface area contributed by atoms with Crippen molar-refractivity contribution in [2.24, 2.45) is 7.05 Å². The predicted octanol–water partition coefficient (Wildman–Crippen LogP) is 2.73. The number of carbonyl (C=O) groups excluding carboxylic acids is 1.